The molecule has 0 aliphatic carbocycles. The van der Waals surface area contributed by atoms with E-state index >= 15 is 0 Å². The van der Waals surface area contributed by atoms with Crippen molar-refractivity contribution in [3.63, 3.8) is 0 Å². The molecule has 2 N–H and O–H groups in total. The maximum atomic E-state index is 4.24. The Balaban J connectivity index is 3.44. The molecule has 4 nitrogen and oxygen atoms in total. The van der Waals surface area contributed by atoms with Crippen LogP contribution in [-0.4, -0.2) is 51.6 Å². The summed E-state index contributed by atoms with van der Waals surface area (Å²) in [5.41, 5.74) is 0. The molecule has 0 unspecified atom stereocenters. The number of nitrogens with zero attached hydrogens (tertiary/aromatic N) is 2. The van der Waals surface area contributed by atoms with Crippen molar-refractivity contribution in [3.8, 4) is 0 Å². The largest absolute Gasteiger partial charge is 0.359 e. The summed E-state index contributed by atoms with van der Waals surface area (Å²) in [6.45, 7) is 4.92. The first-order chi connectivity index (χ1) is 6.20. The smallest absolute Gasteiger partial charge is 0.190 e. The van der Waals surface area contributed by atoms with Crippen LogP contribution in [0.3, 0.4) is 0 Å². The van der Waals surface area contributed by atoms with E-state index in [2.05, 4.69) is 34.6 Å². The quantitative estimate of drug-likeness (QED) is 0.364. The zero-order chi connectivity index (χ0) is 10.1. The predicted molar refractivity (Wildman–Crippen MR) is 58.2 cm³/mol. The highest BCUT2D eigenvalue weighted by Crippen LogP contribution is 1.80. The molecule has 0 radical (unpaired) electrons. The second kappa shape index (κ2) is 7.86. The van der Waals surface area contributed by atoms with Crippen molar-refractivity contribution in [2.45, 2.75) is 13.3 Å². The fraction of sp³-hybridized carbons (Fsp3) is 0.889. The number of aliphatic imine (C=N–C) groups is 1. The molecule has 0 aromatic heterocycles. The number of hydrogen-bond acceptors (Lipinski definition) is 2. The van der Waals surface area contributed by atoms with Crippen molar-refractivity contribution >= 4 is 5.96 Å². The summed E-state index contributed by atoms with van der Waals surface area (Å²) >= 11 is 0. The summed E-state index contributed by atoms with van der Waals surface area (Å²) in [5.74, 6) is 0.890. The van der Waals surface area contributed by atoms with Gasteiger partial charge < -0.3 is 15.5 Å². The molecule has 0 aromatic rings. The van der Waals surface area contributed by atoms with Crippen LogP contribution in [0.2, 0.25) is 0 Å². The monoisotopic (exact) mass is 186 g/mol. The van der Waals surface area contributed by atoms with Gasteiger partial charge in [0.25, 0.3) is 0 Å². The minimum absolute atomic E-state index is 0.816. The minimum atomic E-state index is 0.816. The van der Waals surface area contributed by atoms with Gasteiger partial charge in [-0.15, -0.1) is 0 Å². The molecule has 0 amide bonds. The fourth-order valence-electron chi connectivity index (χ4n) is 0.984. The van der Waals surface area contributed by atoms with Gasteiger partial charge in [-0.2, -0.15) is 0 Å². The van der Waals surface area contributed by atoms with E-state index in [0.29, 0.717) is 0 Å². The normalized spacial score (nSPS) is 11.9. The molecule has 0 aromatic carbocycles. The van der Waals surface area contributed by atoms with Crippen molar-refractivity contribution in [1.82, 2.24) is 15.5 Å². The second-order valence-electron chi connectivity index (χ2n) is 3.16. The first-order valence-electron chi connectivity index (χ1n) is 4.81. The highest BCUT2D eigenvalue weighted by molar-refractivity contribution is 5.79. The Morgan fingerprint density at radius 2 is 2.08 bits per heavy atom. The first kappa shape index (κ1) is 12.2. The Labute approximate surface area is 81.4 Å². The van der Waals surface area contributed by atoms with Crippen LogP contribution in [0.4, 0.5) is 0 Å². The van der Waals surface area contributed by atoms with E-state index in [1.807, 2.05) is 14.0 Å². The van der Waals surface area contributed by atoms with Crippen LogP contribution < -0.4 is 10.6 Å². The lowest BCUT2D eigenvalue weighted by molar-refractivity contribution is 0.399. The van der Waals surface area contributed by atoms with Crippen molar-refractivity contribution < 1.29 is 0 Å². The maximum Gasteiger partial charge on any atom is 0.190 e. The lowest BCUT2D eigenvalue weighted by Crippen LogP contribution is -2.36. The zero-order valence-electron chi connectivity index (χ0n) is 9.22. The zero-order valence-corrected chi connectivity index (χ0v) is 9.22. The predicted octanol–water partition coefficient (Wildman–Crippen LogP) is 0.123. The van der Waals surface area contributed by atoms with Crippen molar-refractivity contribution in [2.24, 2.45) is 4.99 Å². The Morgan fingerprint density at radius 3 is 2.54 bits per heavy atom. The molecule has 13 heavy (non-hydrogen) atoms. The molecule has 78 valence electrons. The summed E-state index contributed by atoms with van der Waals surface area (Å²) in [5, 5.41) is 6.25. The molecule has 0 bridgehead atoms. The van der Waals surface area contributed by atoms with Crippen LogP contribution in [-0.2, 0) is 0 Å². The van der Waals surface area contributed by atoms with E-state index in [4.69, 9.17) is 0 Å². The van der Waals surface area contributed by atoms with E-state index in [1.165, 1.54) is 0 Å². The second-order valence-corrected chi connectivity index (χ2v) is 3.16. The minimum Gasteiger partial charge on any atom is -0.359 e. The number of rotatable bonds is 5. The van der Waals surface area contributed by atoms with Gasteiger partial charge in [0.15, 0.2) is 5.96 Å². The maximum absolute atomic E-state index is 4.24. The van der Waals surface area contributed by atoms with Gasteiger partial charge in [0.05, 0.1) is 0 Å². The molecular formula is C9H22N4. The van der Waals surface area contributed by atoms with Gasteiger partial charge in [-0.1, -0.05) is 0 Å². The van der Waals surface area contributed by atoms with Crippen molar-refractivity contribution in [2.75, 3.05) is 40.8 Å². The molecule has 0 spiro atoms. The van der Waals surface area contributed by atoms with E-state index in [1.54, 1.807) is 0 Å². The van der Waals surface area contributed by atoms with Gasteiger partial charge in [-0.3, -0.25) is 4.99 Å². The Kier molecular flexibility index (Phi) is 7.39. The molecule has 4 heteroatoms. The summed E-state index contributed by atoms with van der Waals surface area (Å²) in [6, 6.07) is 0. The van der Waals surface area contributed by atoms with Gasteiger partial charge in [0, 0.05) is 20.1 Å². The van der Waals surface area contributed by atoms with Crippen LogP contribution in [0.15, 0.2) is 4.99 Å². The van der Waals surface area contributed by atoms with E-state index in [-0.39, 0.29) is 0 Å². The van der Waals surface area contributed by atoms with Crippen molar-refractivity contribution in [1.29, 1.82) is 0 Å². The third-order valence-electron chi connectivity index (χ3n) is 1.63. The topological polar surface area (TPSA) is 39.7 Å². The third-order valence-corrected chi connectivity index (χ3v) is 1.63. The average molecular weight is 186 g/mol. The van der Waals surface area contributed by atoms with Gasteiger partial charge in [-0.05, 0) is 34.0 Å². The number of guanidine groups is 1. The van der Waals surface area contributed by atoms with Gasteiger partial charge in [-0.25, -0.2) is 0 Å². The summed E-state index contributed by atoms with van der Waals surface area (Å²) in [7, 11) is 6.05. The van der Waals surface area contributed by atoms with E-state index < -0.39 is 0 Å². The van der Waals surface area contributed by atoms with Crippen LogP contribution in [0.5, 0.6) is 0 Å². The number of nitrogens with one attached hydrogen (secondary N) is 2. The average Bonchev–Trinajstić information content (AvgIpc) is 2.10. The van der Waals surface area contributed by atoms with Crippen LogP contribution in [0, 0.1) is 0 Å². The summed E-state index contributed by atoms with van der Waals surface area (Å²) in [4.78, 5) is 6.42. The molecule has 0 aliphatic rings. The van der Waals surface area contributed by atoms with E-state index in [9.17, 15) is 0 Å². The molecule has 0 heterocycles. The highest BCUT2D eigenvalue weighted by Gasteiger charge is 1.93. The summed E-state index contributed by atoms with van der Waals surface area (Å²) in [6.07, 6.45) is 1.14. The molecule has 0 rings (SSSR count). The Morgan fingerprint density at radius 1 is 1.38 bits per heavy atom. The molecule has 0 fully saturated rings. The van der Waals surface area contributed by atoms with Gasteiger partial charge >= 0.3 is 0 Å². The molecule has 0 saturated carbocycles. The molecule has 0 saturated heterocycles. The SMILES string of the molecule is CC/N=C(/NC)NCCCN(C)C. The lowest BCUT2D eigenvalue weighted by Gasteiger charge is -2.11. The van der Waals surface area contributed by atoms with Gasteiger partial charge in [0.1, 0.15) is 0 Å². The standard InChI is InChI=1S/C9H22N4/c1-5-11-9(10-2)12-7-6-8-13(3)4/h5-8H2,1-4H3,(H2,10,11,12). The molecule has 0 aliphatic heterocycles. The highest BCUT2D eigenvalue weighted by atomic mass is 15.2. The Bertz CT molecular complexity index is 143. The molecule has 0 atom stereocenters. The number of hydrogen-bond donors (Lipinski definition) is 2. The van der Waals surface area contributed by atoms with Crippen LogP contribution >= 0.6 is 0 Å². The first-order valence-corrected chi connectivity index (χ1v) is 4.81. The lowest BCUT2D eigenvalue weighted by atomic mass is 10.4. The van der Waals surface area contributed by atoms with E-state index in [0.717, 1.165) is 32.0 Å². The third kappa shape index (κ3) is 7.59. The van der Waals surface area contributed by atoms with Crippen LogP contribution in [0.25, 0.3) is 0 Å². The Hall–Kier alpha value is -0.770. The van der Waals surface area contributed by atoms with Gasteiger partial charge in [0.2, 0.25) is 0 Å². The van der Waals surface area contributed by atoms with Crippen LogP contribution in [0.1, 0.15) is 13.3 Å². The summed E-state index contributed by atoms with van der Waals surface area (Å²) < 4.78 is 0. The van der Waals surface area contributed by atoms with Crippen molar-refractivity contribution in [3.05, 3.63) is 0 Å². The molecular weight excluding hydrogens is 164 g/mol. The fourth-order valence-corrected chi connectivity index (χ4v) is 0.984.